The first-order valence-electron chi connectivity index (χ1n) is 5.71. The van der Waals surface area contributed by atoms with E-state index in [1.54, 1.807) is 0 Å². The van der Waals surface area contributed by atoms with Crippen molar-refractivity contribution in [3.8, 4) is 0 Å². The standard InChI is InChI=1S/C12H18N2OS/c1-9-5-7-16-11(9)12(15)13-8-10-4-3-6-14(10)2/h5,7,10H,3-4,6,8H2,1-2H3,(H,13,15)/t10-/m1/s1. The van der Waals surface area contributed by atoms with Gasteiger partial charge in [-0.25, -0.2) is 0 Å². The van der Waals surface area contributed by atoms with Gasteiger partial charge in [-0.1, -0.05) is 0 Å². The molecule has 4 heteroatoms. The van der Waals surface area contributed by atoms with Crippen LogP contribution in [-0.4, -0.2) is 37.0 Å². The lowest BCUT2D eigenvalue weighted by Crippen LogP contribution is -2.38. The van der Waals surface area contributed by atoms with Gasteiger partial charge in [0.1, 0.15) is 0 Å². The van der Waals surface area contributed by atoms with Crippen LogP contribution in [0.15, 0.2) is 11.4 Å². The van der Waals surface area contributed by atoms with Crippen molar-refractivity contribution in [3.63, 3.8) is 0 Å². The molecule has 1 aliphatic rings. The summed E-state index contributed by atoms with van der Waals surface area (Å²) in [5.41, 5.74) is 1.07. The predicted molar refractivity (Wildman–Crippen MR) is 67.0 cm³/mol. The third-order valence-electron chi connectivity index (χ3n) is 3.24. The lowest BCUT2D eigenvalue weighted by molar-refractivity contribution is 0.0947. The fraction of sp³-hybridized carbons (Fsp3) is 0.583. The summed E-state index contributed by atoms with van der Waals surface area (Å²) in [5.74, 6) is 0.0767. The van der Waals surface area contributed by atoms with E-state index in [0.29, 0.717) is 6.04 Å². The number of hydrogen-bond donors (Lipinski definition) is 1. The van der Waals surface area contributed by atoms with Gasteiger partial charge in [-0.2, -0.15) is 0 Å². The minimum Gasteiger partial charge on any atom is -0.350 e. The second kappa shape index (κ2) is 4.97. The summed E-state index contributed by atoms with van der Waals surface area (Å²) in [6.07, 6.45) is 2.44. The fourth-order valence-corrected chi connectivity index (χ4v) is 2.97. The maximum absolute atomic E-state index is 11.9. The topological polar surface area (TPSA) is 32.3 Å². The van der Waals surface area contributed by atoms with Crippen molar-refractivity contribution in [1.29, 1.82) is 0 Å². The van der Waals surface area contributed by atoms with Gasteiger partial charge in [0.25, 0.3) is 5.91 Å². The largest absolute Gasteiger partial charge is 0.350 e. The summed E-state index contributed by atoms with van der Waals surface area (Å²) in [6, 6.07) is 2.51. The van der Waals surface area contributed by atoms with Gasteiger partial charge in [-0.3, -0.25) is 4.79 Å². The first kappa shape index (κ1) is 11.6. The average molecular weight is 238 g/mol. The summed E-state index contributed by atoms with van der Waals surface area (Å²) in [5, 5.41) is 4.99. The van der Waals surface area contributed by atoms with Gasteiger partial charge in [0.15, 0.2) is 0 Å². The quantitative estimate of drug-likeness (QED) is 0.872. The molecular formula is C12H18N2OS. The minimum absolute atomic E-state index is 0.0767. The molecule has 0 aromatic carbocycles. The summed E-state index contributed by atoms with van der Waals surface area (Å²) in [4.78, 5) is 15.0. The van der Waals surface area contributed by atoms with E-state index < -0.39 is 0 Å². The number of likely N-dealkylation sites (N-methyl/N-ethyl adjacent to an activating group) is 1. The van der Waals surface area contributed by atoms with Crippen LogP contribution in [0.25, 0.3) is 0 Å². The highest BCUT2D eigenvalue weighted by Gasteiger charge is 2.21. The van der Waals surface area contributed by atoms with E-state index in [1.807, 2.05) is 18.4 Å². The molecule has 0 radical (unpaired) electrons. The predicted octanol–water partition coefficient (Wildman–Crippen LogP) is 1.88. The number of thiophene rings is 1. The van der Waals surface area contributed by atoms with E-state index in [-0.39, 0.29) is 5.91 Å². The monoisotopic (exact) mass is 238 g/mol. The van der Waals surface area contributed by atoms with Crippen molar-refractivity contribution in [2.75, 3.05) is 20.1 Å². The molecule has 2 heterocycles. The molecule has 1 amide bonds. The van der Waals surface area contributed by atoms with Gasteiger partial charge in [-0.05, 0) is 50.4 Å². The summed E-state index contributed by atoms with van der Waals surface area (Å²) < 4.78 is 0. The average Bonchev–Trinajstić information content (AvgIpc) is 2.84. The Morgan fingerprint density at radius 3 is 3.06 bits per heavy atom. The van der Waals surface area contributed by atoms with Crippen molar-refractivity contribution < 1.29 is 4.79 Å². The van der Waals surface area contributed by atoms with Crippen LogP contribution in [-0.2, 0) is 0 Å². The van der Waals surface area contributed by atoms with E-state index in [9.17, 15) is 4.79 Å². The number of likely N-dealkylation sites (tertiary alicyclic amines) is 1. The van der Waals surface area contributed by atoms with Crippen molar-refractivity contribution in [3.05, 3.63) is 21.9 Å². The zero-order valence-corrected chi connectivity index (χ0v) is 10.6. The van der Waals surface area contributed by atoms with Crippen LogP contribution >= 0.6 is 11.3 Å². The number of nitrogens with zero attached hydrogens (tertiary/aromatic N) is 1. The minimum atomic E-state index is 0.0767. The molecule has 0 aliphatic carbocycles. The van der Waals surface area contributed by atoms with Crippen LogP contribution in [0.4, 0.5) is 0 Å². The Kier molecular flexibility index (Phi) is 3.61. The van der Waals surface area contributed by atoms with Crippen molar-refractivity contribution in [2.24, 2.45) is 0 Å². The molecule has 88 valence electrons. The number of rotatable bonds is 3. The summed E-state index contributed by atoms with van der Waals surface area (Å²) in [6.45, 7) is 3.90. The molecule has 0 unspecified atom stereocenters. The molecule has 0 spiro atoms. The van der Waals surface area contributed by atoms with E-state index in [2.05, 4.69) is 17.3 Å². The molecule has 1 aromatic rings. The lowest BCUT2D eigenvalue weighted by atomic mass is 10.2. The second-order valence-corrected chi connectivity index (χ2v) is 5.34. The van der Waals surface area contributed by atoms with Crippen molar-refractivity contribution >= 4 is 17.2 Å². The zero-order chi connectivity index (χ0) is 11.5. The molecule has 16 heavy (non-hydrogen) atoms. The zero-order valence-electron chi connectivity index (χ0n) is 9.82. The molecule has 1 fully saturated rings. The normalized spacial score (nSPS) is 21.2. The molecular weight excluding hydrogens is 220 g/mol. The molecule has 1 aromatic heterocycles. The van der Waals surface area contributed by atoms with Crippen LogP contribution in [0.2, 0.25) is 0 Å². The van der Waals surface area contributed by atoms with Gasteiger partial charge in [-0.15, -0.1) is 11.3 Å². The first-order chi connectivity index (χ1) is 7.68. The second-order valence-electron chi connectivity index (χ2n) is 4.42. The molecule has 2 rings (SSSR count). The van der Waals surface area contributed by atoms with Gasteiger partial charge in [0.05, 0.1) is 4.88 Å². The SMILES string of the molecule is Cc1ccsc1C(=O)NC[C@H]1CCCN1C. The Labute approximate surface area is 100 Å². The van der Waals surface area contributed by atoms with E-state index in [0.717, 1.165) is 23.5 Å². The Morgan fingerprint density at radius 2 is 2.50 bits per heavy atom. The third-order valence-corrected chi connectivity index (χ3v) is 4.25. The Bertz CT molecular complexity index is 375. The summed E-state index contributed by atoms with van der Waals surface area (Å²) >= 11 is 1.52. The Morgan fingerprint density at radius 1 is 1.69 bits per heavy atom. The van der Waals surface area contributed by atoms with Gasteiger partial charge in [0.2, 0.25) is 0 Å². The molecule has 1 aliphatic heterocycles. The van der Waals surface area contributed by atoms with E-state index >= 15 is 0 Å². The number of aryl methyl sites for hydroxylation is 1. The van der Waals surface area contributed by atoms with E-state index in [4.69, 9.17) is 0 Å². The Balaban J connectivity index is 1.86. The van der Waals surface area contributed by atoms with Crippen LogP contribution in [0.1, 0.15) is 28.1 Å². The van der Waals surface area contributed by atoms with Gasteiger partial charge in [0, 0.05) is 12.6 Å². The molecule has 1 saturated heterocycles. The molecule has 1 atom stereocenters. The number of hydrogen-bond acceptors (Lipinski definition) is 3. The number of carbonyl (C=O) groups excluding carboxylic acids is 1. The molecule has 1 N–H and O–H groups in total. The fourth-order valence-electron chi connectivity index (χ4n) is 2.13. The van der Waals surface area contributed by atoms with Crippen LogP contribution < -0.4 is 5.32 Å². The summed E-state index contributed by atoms with van der Waals surface area (Å²) in [7, 11) is 2.13. The smallest absolute Gasteiger partial charge is 0.261 e. The van der Waals surface area contributed by atoms with Crippen molar-refractivity contribution in [2.45, 2.75) is 25.8 Å². The van der Waals surface area contributed by atoms with Crippen molar-refractivity contribution in [1.82, 2.24) is 10.2 Å². The van der Waals surface area contributed by atoms with Crippen LogP contribution in [0.3, 0.4) is 0 Å². The number of carbonyl (C=O) groups is 1. The highest BCUT2D eigenvalue weighted by Crippen LogP contribution is 2.16. The first-order valence-corrected chi connectivity index (χ1v) is 6.59. The Hall–Kier alpha value is -0.870. The van der Waals surface area contributed by atoms with Crippen LogP contribution in [0, 0.1) is 6.92 Å². The number of amides is 1. The van der Waals surface area contributed by atoms with Gasteiger partial charge < -0.3 is 10.2 Å². The maximum atomic E-state index is 11.9. The molecule has 0 saturated carbocycles. The highest BCUT2D eigenvalue weighted by atomic mass is 32.1. The highest BCUT2D eigenvalue weighted by molar-refractivity contribution is 7.12. The van der Waals surface area contributed by atoms with Gasteiger partial charge >= 0.3 is 0 Å². The molecule has 3 nitrogen and oxygen atoms in total. The third kappa shape index (κ3) is 2.44. The molecule has 0 bridgehead atoms. The number of nitrogens with one attached hydrogen (secondary N) is 1. The van der Waals surface area contributed by atoms with Crippen LogP contribution in [0.5, 0.6) is 0 Å². The lowest BCUT2D eigenvalue weighted by Gasteiger charge is -2.19. The van der Waals surface area contributed by atoms with E-state index in [1.165, 1.54) is 24.2 Å². The maximum Gasteiger partial charge on any atom is 0.261 e.